The van der Waals surface area contributed by atoms with Crippen LogP contribution in [0.15, 0.2) is 11.0 Å². The molecule has 0 aliphatic carbocycles. The lowest BCUT2D eigenvalue weighted by Gasteiger charge is -2.06. The van der Waals surface area contributed by atoms with Gasteiger partial charge in [0.15, 0.2) is 0 Å². The first-order valence-corrected chi connectivity index (χ1v) is 4.04. The van der Waals surface area contributed by atoms with Crippen molar-refractivity contribution in [1.82, 2.24) is 15.3 Å². The summed E-state index contributed by atoms with van der Waals surface area (Å²) in [6.45, 7) is -0.304. The van der Waals surface area contributed by atoms with E-state index >= 15 is 0 Å². The minimum atomic E-state index is -1.44. The molecule has 0 saturated carbocycles. The molecule has 0 aliphatic heterocycles. The molecular weight excluding hydrogens is 204 g/mol. The summed E-state index contributed by atoms with van der Waals surface area (Å²) < 4.78 is 0. The maximum Gasteiger partial charge on any atom is 0.323 e. The van der Waals surface area contributed by atoms with E-state index in [4.69, 9.17) is 10.8 Å². The van der Waals surface area contributed by atoms with Gasteiger partial charge in [0.05, 0.1) is 6.54 Å². The van der Waals surface area contributed by atoms with E-state index in [1.807, 2.05) is 0 Å². The van der Waals surface area contributed by atoms with Crippen LogP contribution < -0.4 is 16.7 Å². The normalized spacial score (nSPS) is 12.1. The van der Waals surface area contributed by atoms with Gasteiger partial charge in [-0.15, -0.1) is 0 Å². The highest BCUT2D eigenvalue weighted by Gasteiger charge is 2.13. The SMILES string of the molecule is NC(=O)C(O)CNC(=O)c1c[nH]c(=O)[nH]1. The molecule has 0 saturated heterocycles. The van der Waals surface area contributed by atoms with E-state index in [-0.39, 0.29) is 12.2 Å². The Hall–Kier alpha value is -2.09. The lowest BCUT2D eigenvalue weighted by Crippen LogP contribution is -2.40. The Balaban J connectivity index is 2.50. The molecule has 6 N–H and O–H groups in total. The molecule has 0 spiro atoms. The number of carbonyl (C=O) groups is 2. The molecule has 2 amide bonds. The van der Waals surface area contributed by atoms with E-state index in [0.717, 1.165) is 0 Å². The highest BCUT2D eigenvalue weighted by Crippen LogP contribution is 1.87. The van der Waals surface area contributed by atoms with Crippen LogP contribution in [0.2, 0.25) is 0 Å². The van der Waals surface area contributed by atoms with Crippen LogP contribution in [0.25, 0.3) is 0 Å². The summed E-state index contributed by atoms with van der Waals surface area (Å²) in [4.78, 5) is 36.7. The van der Waals surface area contributed by atoms with E-state index in [9.17, 15) is 14.4 Å². The summed E-state index contributed by atoms with van der Waals surface area (Å²) in [5.74, 6) is -1.55. The average Bonchev–Trinajstić information content (AvgIpc) is 2.60. The minimum absolute atomic E-state index is 0.0108. The molecule has 0 bridgehead atoms. The van der Waals surface area contributed by atoms with Crippen LogP contribution in [-0.2, 0) is 4.79 Å². The van der Waals surface area contributed by atoms with Crippen LogP contribution in [0.5, 0.6) is 0 Å². The fourth-order valence-electron chi connectivity index (χ4n) is 0.840. The number of nitrogens with two attached hydrogens (primary N) is 1. The molecule has 1 heterocycles. The van der Waals surface area contributed by atoms with Crippen LogP contribution in [0.4, 0.5) is 0 Å². The molecule has 8 heteroatoms. The molecule has 0 radical (unpaired) electrons. The van der Waals surface area contributed by atoms with Crippen molar-refractivity contribution in [2.45, 2.75) is 6.10 Å². The predicted molar refractivity (Wildman–Crippen MR) is 48.9 cm³/mol. The second-order valence-corrected chi connectivity index (χ2v) is 2.78. The zero-order chi connectivity index (χ0) is 11.4. The molecule has 0 fully saturated rings. The summed E-state index contributed by atoms with van der Waals surface area (Å²) in [5, 5.41) is 11.2. The molecule has 1 unspecified atom stereocenters. The third-order valence-electron chi connectivity index (χ3n) is 1.62. The number of amides is 2. The van der Waals surface area contributed by atoms with Gasteiger partial charge in [0.25, 0.3) is 5.91 Å². The Morgan fingerprint density at radius 1 is 1.60 bits per heavy atom. The summed E-state index contributed by atoms with van der Waals surface area (Å²) in [5.41, 5.74) is 4.25. The van der Waals surface area contributed by atoms with Crippen LogP contribution in [0.1, 0.15) is 10.5 Å². The van der Waals surface area contributed by atoms with Gasteiger partial charge in [0.2, 0.25) is 5.91 Å². The molecule has 15 heavy (non-hydrogen) atoms. The van der Waals surface area contributed by atoms with Crippen LogP contribution >= 0.6 is 0 Å². The first-order chi connectivity index (χ1) is 7.00. The van der Waals surface area contributed by atoms with E-state index in [2.05, 4.69) is 15.3 Å². The summed E-state index contributed by atoms with van der Waals surface area (Å²) >= 11 is 0. The van der Waals surface area contributed by atoms with E-state index in [0.29, 0.717) is 0 Å². The van der Waals surface area contributed by atoms with Crippen molar-refractivity contribution < 1.29 is 14.7 Å². The van der Waals surface area contributed by atoms with Gasteiger partial charge in [-0.2, -0.15) is 0 Å². The minimum Gasteiger partial charge on any atom is -0.381 e. The van der Waals surface area contributed by atoms with Crippen molar-refractivity contribution in [2.24, 2.45) is 5.73 Å². The fourth-order valence-corrected chi connectivity index (χ4v) is 0.840. The average molecular weight is 214 g/mol. The Kier molecular flexibility index (Phi) is 3.24. The fraction of sp³-hybridized carbons (Fsp3) is 0.286. The first-order valence-electron chi connectivity index (χ1n) is 4.04. The monoisotopic (exact) mass is 214 g/mol. The van der Waals surface area contributed by atoms with Gasteiger partial charge in [-0.25, -0.2) is 4.79 Å². The maximum absolute atomic E-state index is 11.2. The zero-order valence-corrected chi connectivity index (χ0v) is 7.61. The quantitative estimate of drug-likeness (QED) is 0.371. The number of hydrogen-bond acceptors (Lipinski definition) is 4. The summed E-state index contributed by atoms with van der Waals surface area (Å²) in [7, 11) is 0. The molecule has 82 valence electrons. The number of aromatic amines is 2. The molecule has 0 aliphatic rings. The second-order valence-electron chi connectivity index (χ2n) is 2.78. The van der Waals surface area contributed by atoms with Crippen molar-refractivity contribution in [3.8, 4) is 0 Å². The van der Waals surface area contributed by atoms with Gasteiger partial charge in [-0.1, -0.05) is 0 Å². The van der Waals surface area contributed by atoms with E-state index in [1.165, 1.54) is 6.20 Å². The molecule has 0 aromatic carbocycles. The number of aliphatic hydroxyl groups excluding tert-OH is 1. The molecule has 1 aromatic heterocycles. The lowest BCUT2D eigenvalue weighted by atomic mass is 10.3. The molecule has 1 rings (SSSR count). The third-order valence-corrected chi connectivity index (χ3v) is 1.62. The van der Waals surface area contributed by atoms with Crippen molar-refractivity contribution >= 4 is 11.8 Å². The van der Waals surface area contributed by atoms with Gasteiger partial charge < -0.3 is 26.1 Å². The topological polar surface area (TPSA) is 141 Å². The number of hydrogen-bond donors (Lipinski definition) is 5. The molecular formula is C7H10N4O4. The second kappa shape index (κ2) is 4.42. The Morgan fingerprint density at radius 3 is 2.73 bits per heavy atom. The van der Waals surface area contributed by atoms with Gasteiger partial charge in [-0.3, -0.25) is 9.59 Å². The van der Waals surface area contributed by atoms with Crippen molar-refractivity contribution in [3.05, 3.63) is 22.4 Å². The van der Waals surface area contributed by atoms with Gasteiger partial charge >= 0.3 is 5.69 Å². The number of rotatable bonds is 4. The Labute approximate surface area is 83.5 Å². The van der Waals surface area contributed by atoms with Crippen molar-refractivity contribution in [3.63, 3.8) is 0 Å². The lowest BCUT2D eigenvalue weighted by molar-refractivity contribution is -0.125. The van der Waals surface area contributed by atoms with Crippen molar-refractivity contribution in [1.29, 1.82) is 0 Å². The number of imidazole rings is 1. The van der Waals surface area contributed by atoms with E-state index < -0.39 is 23.6 Å². The predicted octanol–water partition coefficient (Wildman–Crippen LogP) is -2.72. The number of aromatic nitrogens is 2. The zero-order valence-electron chi connectivity index (χ0n) is 7.61. The molecule has 1 atom stereocenters. The molecule has 8 nitrogen and oxygen atoms in total. The van der Waals surface area contributed by atoms with E-state index in [1.54, 1.807) is 0 Å². The summed E-state index contributed by atoms with van der Waals surface area (Å²) in [6, 6.07) is 0. The number of nitrogens with one attached hydrogen (secondary N) is 3. The van der Waals surface area contributed by atoms with Gasteiger partial charge in [0.1, 0.15) is 11.8 Å². The third kappa shape index (κ3) is 2.95. The van der Waals surface area contributed by atoms with Crippen molar-refractivity contribution in [2.75, 3.05) is 6.54 Å². The highest BCUT2D eigenvalue weighted by molar-refractivity contribution is 5.92. The Bertz CT molecular complexity index is 421. The smallest absolute Gasteiger partial charge is 0.323 e. The maximum atomic E-state index is 11.2. The highest BCUT2D eigenvalue weighted by atomic mass is 16.3. The standard InChI is InChI=1S/C7H10N4O4/c8-5(13)4(12)2-9-6(14)3-1-10-7(15)11-3/h1,4,12H,2H2,(H2,8,13)(H,9,14)(H2,10,11,15). The van der Waals surface area contributed by atoms with Crippen LogP contribution in [0.3, 0.4) is 0 Å². The first kappa shape index (κ1) is 11.0. The molecule has 1 aromatic rings. The number of carbonyl (C=O) groups excluding carboxylic acids is 2. The number of H-pyrrole nitrogens is 2. The largest absolute Gasteiger partial charge is 0.381 e. The summed E-state index contributed by atoms with van der Waals surface area (Å²) in [6.07, 6.45) is -0.270. The Morgan fingerprint density at radius 2 is 2.27 bits per heavy atom. The van der Waals surface area contributed by atoms with Gasteiger partial charge in [0, 0.05) is 6.20 Å². The number of aliphatic hydroxyl groups is 1. The van der Waals surface area contributed by atoms with Crippen LogP contribution in [0, 0.1) is 0 Å². The van der Waals surface area contributed by atoms with Crippen LogP contribution in [-0.4, -0.2) is 39.5 Å². The number of primary amides is 1. The van der Waals surface area contributed by atoms with Gasteiger partial charge in [-0.05, 0) is 0 Å².